The van der Waals surface area contributed by atoms with Gasteiger partial charge in [-0.2, -0.15) is 0 Å². The molecule has 1 aromatic heterocycles. The van der Waals surface area contributed by atoms with Gasteiger partial charge in [0.05, 0.1) is 5.56 Å². The maximum atomic E-state index is 13.8. The van der Waals surface area contributed by atoms with Crippen LogP contribution in [0.25, 0.3) is 0 Å². The van der Waals surface area contributed by atoms with E-state index in [-0.39, 0.29) is 23.5 Å². The molecule has 1 saturated heterocycles. The van der Waals surface area contributed by atoms with Crippen molar-refractivity contribution in [2.24, 2.45) is 0 Å². The topological polar surface area (TPSA) is 54.5 Å². The van der Waals surface area contributed by atoms with Gasteiger partial charge in [0, 0.05) is 31.3 Å². The number of carbonyl (C=O) groups excluding carboxylic acids is 1. The third-order valence-corrected chi connectivity index (χ3v) is 6.08. The molecule has 3 aromatic rings. The minimum atomic E-state index is -0.350. The number of halogens is 2. The zero-order valence-electron chi connectivity index (χ0n) is 19.1. The van der Waals surface area contributed by atoms with Crippen molar-refractivity contribution < 1.29 is 18.3 Å². The van der Waals surface area contributed by atoms with Gasteiger partial charge in [0.2, 0.25) is 5.88 Å². The summed E-state index contributed by atoms with van der Waals surface area (Å²) in [7, 11) is 0. The lowest BCUT2D eigenvalue weighted by atomic mass is 9.88. The van der Waals surface area contributed by atoms with E-state index in [2.05, 4.69) is 15.2 Å². The largest absolute Gasteiger partial charge is 0.476 e. The second-order valence-corrected chi connectivity index (χ2v) is 8.49. The Hall–Kier alpha value is -3.32. The number of rotatable bonds is 10. The number of pyridine rings is 1. The first kappa shape index (κ1) is 23.8. The molecule has 7 heteroatoms. The molecular weight excluding hydrogens is 436 g/mol. The van der Waals surface area contributed by atoms with E-state index in [1.807, 2.05) is 12.1 Å². The maximum absolute atomic E-state index is 13.8. The highest BCUT2D eigenvalue weighted by Crippen LogP contribution is 2.28. The molecule has 0 aliphatic carbocycles. The van der Waals surface area contributed by atoms with E-state index in [0.29, 0.717) is 31.0 Å². The van der Waals surface area contributed by atoms with Gasteiger partial charge in [0.15, 0.2) is 0 Å². The summed E-state index contributed by atoms with van der Waals surface area (Å²) in [6.07, 6.45) is 4.47. The molecule has 0 unspecified atom stereocenters. The highest BCUT2D eigenvalue weighted by Gasteiger charge is 2.17. The SMILES string of the molecule is O=C(NCCC(c1cccc(F)c1)c1cccc(F)c1)c1ccc(OCCN2CCCC2)nc1. The molecule has 1 aliphatic rings. The molecule has 4 rings (SSSR count). The number of aromatic nitrogens is 1. The van der Waals surface area contributed by atoms with Gasteiger partial charge in [-0.25, -0.2) is 13.8 Å². The molecule has 0 radical (unpaired) electrons. The van der Waals surface area contributed by atoms with Gasteiger partial charge in [0.1, 0.15) is 18.2 Å². The Morgan fingerprint density at radius 1 is 1.00 bits per heavy atom. The average molecular weight is 466 g/mol. The van der Waals surface area contributed by atoms with E-state index < -0.39 is 0 Å². The summed E-state index contributed by atoms with van der Waals surface area (Å²) < 4.78 is 33.3. The minimum absolute atomic E-state index is 0.254. The van der Waals surface area contributed by atoms with Crippen LogP contribution in [0.2, 0.25) is 0 Å². The zero-order chi connectivity index (χ0) is 23.8. The first-order valence-corrected chi connectivity index (χ1v) is 11.7. The van der Waals surface area contributed by atoms with Crippen molar-refractivity contribution in [1.82, 2.24) is 15.2 Å². The van der Waals surface area contributed by atoms with E-state index >= 15 is 0 Å². The molecular formula is C27H29F2N3O2. The molecule has 1 aliphatic heterocycles. The third kappa shape index (κ3) is 6.60. The maximum Gasteiger partial charge on any atom is 0.252 e. The van der Waals surface area contributed by atoms with Gasteiger partial charge in [-0.3, -0.25) is 9.69 Å². The summed E-state index contributed by atoms with van der Waals surface area (Å²) in [6.45, 7) is 4.02. The van der Waals surface area contributed by atoms with Crippen LogP contribution in [0.3, 0.4) is 0 Å². The molecule has 178 valence electrons. The number of hydrogen-bond acceptors (Lipinski definition) is 4. The van der Waals surface area contributed by atoms with E-state index in [9.17, 15) is 13.6 Å². The fourth-order valence-corrected chi connectivity index (χ4v) is 4.29. The van der Waals surface area contributed by atoms with Crippen LogP contribution in [0.5, 0.6) is 5.88 Å². The number of nitrogens with one attached hydrogen (secondary N) is 1. The average Bonchev–Trinajstić information content (AvgIpc) is 3.36. The summed E-state index contributed by atoms with van der Waals surface area (Å²) >= 11 is 0. The Morgan fingerprint density at radius 2 is 1.68 bits per heavy atom. The highest BCUT2D eigenvalue weighted by atomic mass is 19.1. The van der Waals surface area contributed by atoms with Crippen LogP contribution in [-0.2, 0) is 0 Å². The molecule has 2 heterocycles. The fourth-order valence-electron chi connectivity index (χ4n) is 4.29. The molecule has 1 N–H and O–H groups in total. The number of carbonyl (C=O) groups is 1. The summed E-state index contributed by atoms with van der Waals surface area (Å²) in [5, 5.41) is 2.88. The van der Waals surface area contributed by atoms with Gasteiger partial charge in [-0.15, -0.1) is 0 Å². The number of amides is 1. The number of ether oxygens (including phenoxy) is 1. The zero-order valence-corrected chi connectivity index (χ0v) is 19.1. The predicted octanol–water partition coefficient (Wildman–Crippen LogP) is 4.79. The second kappa shape index (κ2) is 11.7. The summed E-state index contributed by atoms with van der Waals surface area (Å²) in [5.41, 5.74) is 1.90. The lowest BCUT2D eigenvalue weighted by Gasteiger charge is -2.19. The minimum Gasteiger partial charge on any atom is -0.476 e. The quantitative estimate of drug-likeness (QED) is 0.468. The van der Waals surface area contributed by atoms with Crippen molar-refractivity contribution in [2.75, 3.05) is 32.8 Å². The van der Waals surface area contributed by atoms with Gasteiger partial charge >= 0.3 is 0 Å². The van der Waals surface area contributed by atoms with E-state index in [1.54, 1.807) is 24.3 Å². The van der Waals surface area contributed by atoms with Crippen LogP contribution in [0.1, 0.15) is 46.7 Å². The molecule has 34 heavy (non-hydrogen) atoms. The van der Waals surface area contributed by atoms with Crippen LogP contribution >= 0.6 is 0 Å². The van der Waals surface area contributed by atoms with E-state index in [0.717, 1.165) is 30.8 Å². The van der Waals surface area contributed by atoms with Crippen molar-refractivity contribution in [3.8, 4) is 5.88 Å². The molecule has 0 bridgehead atoms. The molecule has 5 nitrogen and oxygen atoms in total. The number of nitrogens with zero attached hydrogens (tertiary/aromatic N) is 2. The van der Waals surface area contributed by atoms with Gasteiger partial charge in [0.25, 0.3) is 5.91 Å². The van der Waals surface area contributed by atoms with Gasteiger partial charge < -0.3 is 10.1 Å². The Balaban J connectivity index is 1.31. The summed E-state index contributed by atoms with van der Waals surface area (Å²) in [5.74, 6) is -0.717. The Labute approximate surface area is 198 Å². The first-order chi connectivity index (χ1) is 16.6. The molecule has 0 atom stereocenters. The van der Waals surface area contributed by atoms with E-state index in [1.165, 1.54) is 43.3 Å². The highest BCUT2D eigenvalue weighted by molar-refractivity contribution is 5.93. The number of benzene rings is 2. The van der Waals surface area contributed by atoms with Gasteiger partial charge in [-0.05, 0) is 73.8 Å². The number of hydrogen-bond donors (Lipinski definition) is 1. The van der Waals surface area contributed by atoms with Crippen LogP contribution in [-0.4, -0.2) is 48.6 Å². The van der Waals surface area contributed by atoms with E-state index in [4.69, 9.17) is 4.74 Å². The summed E-state index contributed by atoms with van der Waals surface area (Å²) in [6, 6.07) is 15.9. The Kier molecular flexibility index (Phi) is 8.20. The molecule has 1 amide bonds. The van der Waals surface area contributed by atoms with Crippen molar-refractivity contribution in [3.05, 3.63) is 95.2 Å². The molecule has 2 aromatic carbocycles. The first-order valence-electron chi connectivity index (χ1n) is 11.7. The fraction of sp³-hybridized carbons (Fsp3) is 0.333. The molecule has 0 spiro atoms. The van der Waals surface area contributed by atoms with Crippen LogP contribution in [0, 0.1) is 11.6 Å². The van der Waals surface area contributed by atoms with Crippen molar-refractivity contribution in [2.45, 2.75) is 25.2 Å². The molecule has 0 saturated carbocycles. The smallest absolute Gasteiger partial charge is 0.252 e. The van der Waals surface area contributed by atoms with Crippen LogP contribution in [0.15, 0.2) is 66.9 Å². The van der Waals surface area contributed by atoms with Gasteiger partial charge in [-0.1, -0.05) is 24.3 Å². The lowest BCUT2D eigenvalue weighted by molar-refractivity contribution is 0.0952. The second-order valence-electron chi connectivity index (χ2n) is 8.49. The number of likely N-dealkylation sites (tertiary alicyclic amines) is 1. The lowest BCUT2D eigenvalue weighted by Crippen LogP contribution is -2.26. The third-order valence-electron chi connectivity index (χ3n) is 6.08. The Morgan fingerprint density at radius 3 is 2.26 bits per heavy atom. The normalized spacial score (nSPS) is 13.9. The monoisotopic (exact) mass is 465 g/mol. The molecule has 1 fully saturated rings. The Bertz CT molecular complexity index is 1040. The van der Waals surface area contributed by atoms with Crippen molar-refractivity contribution in [1.29, 1.82) is 0 Å². The van der Waals surface area contributed by atoms with Crippen LogP contribution < -0.4 is 10.1 Å². The summed E-state index contributed by atoms with van der Waals surface area (Å²) in [4.78, 5) is 19.2. The van der Waals surface area contributed by atoms with Crippen molar-refractivity contribution in [3.63, 3.8) is 0 Å². The standard InChI is InChI=1S/C27H29F2N3O2/c28-23-7-3-5-20(17-23)25(21-6-4-8-24(29)18-21)11-12-30-27(33)22-9-10-26(31-19-22)34-16-15-32-13-1-2-14-32/h3-10,17-19,25H,1-2,11-16H2,(H,30,33). The van der Waals surface area contributed by atoms with Crippen molar-refractivity contribution >= 4 is 5.91 Å². The van der Waals surface area contributed by atoms with Crippen LogP contribution in [0.4, 0.5) is 8.78 Å². The predicted molar refractivity (Wildman–Crippen MR) is 127 cm³/mol.